The van der Waals surface area contributed by atoms with Gasteiger partial charge >= 0.3 is 0 Å². The summed E-state index contributed by atoms with van der Waals surface area (Å²) in [6.45, 7) is 0. The van der Waals surface area contributed by atoms with Gasteiger partial charge < -0.3 is 5.32 Å². The SMILES string of the molecule is O=C(NC1CC1)[C@@H](Sc1cc(Cl)ccc1Cl)c1ccccc1. The molecule has 1 amide bonds. The van der Waals surface area contributed by atoms with Crippen molar-refractivity contribution in [3.8, 4) is 0 Å². The lowest BCUT2D eigenvalue weighted by Gasteiger charge is -2.17. The lowest BCUT2D eigenvalue weighted by molar-refractivity contribution is -0.120. The maximum atomic E-state index is 12.6. The molecule has 1 N–H and O–H groups in total. The summed E-state index contributed by atoms with van der Waals surface area (Å²) in [6.07, 6.45) is 2.13. The minimum atomic E-state index is -0.335. The third kappa shape index (κ3) is 3.97. The first-order chi connectivity index (χ1) is 10.6. The molecule has 1 aliphatic rings. The van der Waals surface area contributed by atoms with Crippen molar-refractivity contribution in [2.75, 3.05) is 0 Å². The number of hydrogen-bond donors (Lipinski definition) is 1. The highest BCUT2D eigenvalue weighted by Crippen LogP contribution is 2.40. The van der Waals surface area contributed by atoms with E-state index in [2.05, 4.69) is 5.32 Å². The molecule has 0 unspecified atom stereocenters. The second-order valence-corrected chi connectivity index (χ2v) is 7.26. The van der Waals surface area contributed by atoms with Crippen LogP contribution in [-0.2, 0) is 4.79 Å². The van der Waals surface area contributed by atoms with Crippen molar-refractivity contribution in [1.29, 1.82) is 0 Å². The fraction of sp³-hybridized carbons (Fsp3) is 0.235. The van der Waals surface area contributed by atoms with Crippen molar-refractivity contribution in [1.82, 2.24) is 5.32 Å². The monoisotopic (exact) mass is 351 g/mol. The molecule has 1 saturated carbocycles. The molecule has 1 atom stereocenters. The van der Waals surface area contributed by atoms with Gasteiger partial charge in [0.25, 0.3) is 0 Å². The lowest BCUT2D eigenvalue weighted by atomic mass is 10.1. The van der Waals surface area contributed by atoms with E-state index in [4.69, 9.17) is 23.2 Å². The molecule has 2 nitrogen and oxygen atoms in total. The first-order valence-electron chi connectivity index (χ1n) is 7.10. The van der Waals surface area contributed by atoms with Crippen LogP contribution in [0.25, 0.3) is 0 Å². The van der Waals surface area contributed by atoms with Crippen molar-refractivity contribution in [3.05, 3.63) is 64.1 Å². The molecule has 1 aliphatic carbocycles. The van der Waals surface area contributed by atoms with E-state index in [1.165, 1.54) is 11.8 Å². The Morgan fingerprint density at radius 1 is 1.14 bits per heavy atom. The second-order valence-electron chi connectivity index (χ2n) is 5.27. The number of nitrogens with one attached hydrogen (secondary N) is 1. The number of carbonyl (C=O) groups excluding carboxylic acids is 1. The highest BCUT2D eigenvalue weighted by molar-refractivity contribution is 8.00. The summed E-state index contributed by atoms with van der Waals surface area (Å²) in [5.41, 5.74) is 0.960. The van der Waals surface area contributed by atoms with Crippen LogP contribution in [0.15, 0.2) is 53.4 Å². The zero-order valence-electron chi connectivity index (χ0n) is 11.8. The Kier molecular flexibility index (Phi) is 4.97. The zero-order chi connectivity index (χ0) is 15.5. The van der Waals surface area contributed by atoms with Crippen LogP contribution in [0.4, 0.5) is 0 Å². The zero-order valence-corrected chi connectivity index (χ0v) is 14.1. The predicted molar refractivity (Wildman–Crippen MR) is 92.7 cm³/mol. The third-order valence-electron chi connectivity index (χ3n) is 3.40. The molecule has 0 spiro atoms. The summed E-state index contributed by atoms with van der Waals surface area (Å²) in [5.74, 6) is 0.0229. The van der Waals surface area contributed by atoms with Crippen LogP contribution in [0, 0.1) is 0 Å². The van der Waals surface area contributed by atoms with E-state index >= 15 is 0 Å². The Bertz CT molecular complexity index is 674. The summed E-state index contributed by atoms with van der Waals surface area (Å²) in [7, 11) is 0. The lowest BCUT2D eigenvalue weighted by Crippen LogP contribution is -2.29. The highest BCUT2D eigenvalue weighted by atomic mass is 35.5. The third-order valence-corrected chi connectivity index (χ3v) is 5.39. The standard InChI is InChI=1S/C17H15Cl2NOS/c18-12-6-9-14(19)15(10-12)22-16(11-4-2-1-3-5-11)17(21)20-13-7-8-13/h1-6,9-10,13,16H,7-8H2,(H,20,21)/t16-/m0/s1. The van der Waals surface area contributed by atoms with Crippen molar-refractivity contribution < 1.29 is 4.79 Å². The topological polar surface area (TPSA) is 29.1 Å². The first kappa shape index (κ1) is 15.7. The molecule has 0 aromatic heterocycles. The van der Waals surface area contributed by atoms with Crippen LogP contribution < -0.4 is 5.32 Å². The summed E-state index contributed by atoms with van der Waals surface area (Å²) < 4.78 is 0. The van der Waals surface area contributed by atoms with Gasteiger partial charge in [-0.25, -0.2) is 0 Å². The van der Waals surface area contributed by atoms with Crippen LogP contribution in [0.1, 0.15) is 23.7 Å². The Labute approximate surface area is 144 Å². The van der Waals surface area contributed by atoms with Gasteiger partial charge in [0, 0.05) is 16.0 Å². The van der Waals surface area contributed by atoms with Crippen LogP contribution in [0.2, 0.25) is 10.0 Å². The van der Waals surface area contributed by atoms with Gasteiger partial charge in [-0.05, 0) is 36.6 Å². The Morgan fingerprint density at radius 2 is 1.86 bits per heavy atom. The molecule has 2 aromatic carbocycles. The van der Waals surface area contributed by atoms with E-state index in [-0.39, 0.29) is 11.2 Å². The molecular weight excluding hydrogens is 337 g/mol. The molecule has 0 bridgehead atoms. The van der Waals surface area contributed by atoms with Crippen LogP contribution in [0.3, 0.4) is 0 Å². The smallest absolute Gasteiger partial charge is 0.238 e. The number of benzene rings is 2. The molecular formula is C17H15Cl2NOS. The van der Waals surface area contributed by atoms with Crippen molar-refractivity contribution in [2.45, 2.75) is 29.0 Å². The van der Waals surface area contributed by atoms with Crippen LogP contribution in [0.5, 0.6) is 0 Å². The second kappa shape index (κ2) is 6.95. The number of amides is 1. The Hall–Kier alpha value is -1.16. The van der Waals surface area contributed by atoms with Gasteiger partial charge in [-0.1, -0.05) is 53.5 Å². The molecule has 0 aliphatic heterocycles. The summed E-state index contributed by atoms with van der Waals surface area (Å²) in [6, 6.07) is 15.4. The number of hydrogen-bond acceptors (Lipinski definition) is 2. The Balaban J connectivity index is 1.87. The van der Waals surface area contributed by atoms with Gasteiger partial charge in [-0.3, -0.25) is 4.79 Å². The molecule has 22 heavy (non-hydrogen) atoms. The molecule has 5 heteroatoms. The van der Waals surface area contributed by atoms with Crippen molar-refractivity contribution in [3.63, 3.8) is 0 Å². The molecule has 0 radical (unpaired) electrons. The highest BCUT2D eigenvalue weighted by Gasteiger charge is 2.29. The van der Waals surface area contributed by atoms with E-state index < -0.39 is 0 Å². The quantitative estimate of drug-likeness (QED) is 0.758. The molecule has 2 aromatic rings. The minimum absolute atomic E-state index is 0.0229. The number of carbonyl (C=O) groups is 1. The summed E-state index contributed by atoms with van der Waals surface area (Å²) in [5, 5.41) is 3.95. The maximum Gasteiger partial charge on any atom is 0.238 e. The van der Waals surface area contributed by atoms with E-state index in [0.29, 0.717) is 16.1 Å². The number of halogens is 2. The summed E-state index contributed by atoms with van der Waals surface area (Å²) in [4.78, 5) is 13.4. The normalized spacial score (nSPS) is 15.4. The number of rotatable bonds is 5. The molecule has 1 fully saturated rings. The van der Waals surface area contributed by atoms with Gasteiger partial charge in [-0.15, -0.1) is 11.8 Å². The average Bonchev–Trinajstić information content (AvgIpc) is 3.33. The average molecular weight is 352 g/mol. The van der Waals surface area contributed by atoms with E-state index in [0.717, 1.165) is 23.3 Å². The van der Waals surface area contributed by atoms with E-state index in [1.807, 2.05) is 30.3 Å². The van der Waals surface area contributed by atoms with Gasteiger partial charge in [-0.2, -0.15) is 0 Å². The predicted octanol–water partition coefficient (Wildman–Crippen LogP) is 5.11. The maximum absolute atomic E-state index is 12.6. The Morgan fingerprint density at radius 3 is 2.55 bits per heavy atom. The van der Waals surface area contributed by atoms with Gasteiger partial charge in [0.15, 0.2) is 0 Å². The number of thioether (sulfide) groups is 1. The van der Waals surface area contributed by atoms with Crippen molar-refractivity contribution in [2.24, 2.45) is 0 Å². The van der Waals surface area contributed by atoms with Gasteiger partial charge in [0.1, 0.15) is 5.25 Å². The fourth-order valence-corrected chi connectivity index (χ4v) is 3.69. The van der Waals surface area contributed by atoms with E-state index in [9.17, 15) is 4.79 Å². The molecule has 3 rings (SSSR count). The molecule has 0 saturated heterocycles. The van der Waals surface area contributed by atoms with Gasteiger partial charge in [0.2, 0.25) is 5.91 Å². The molecule has 114 valence electrons. The summed E-state index contributed by atoms with van der Waals surface area (Å²) >= 11 is 13.7. The van der Waals surface area contributed by atoms with E-state index in [1.54, 1.807) is 18.2 Å². The first-order valence-corrected chi connectivity index (χ1v) is 8.74. The molecule has 0 heterocycles. The minimum Gasteiger partial charge on any atom is -0.352 e. The largest absolute Gasteiger partial charge is 0.352 e. The van der Waals surface area contributed by atoms with Crippen LogP contribution in [-0.4, -0.2) is 11.9 Å². The van der Waals surface area contributed by atoms with Crippen molar-refractivity contribution >= 4 is 40.9 Å². The van der Waals surface area contributed by atoms with Crippen LogP contribution >= 0.6 is 35.0 Å². The van der Waals surface area contributed by atoms with Gasteiger partial charge in [0.05, 0.1) is 5.02 Å². The fourth-order valence-electron chi connectivity index (χ4n) is 2.10.